The molecule has 0 radical (unpaired) electrons. The van der Waals surface area contributed by atoms with Crippen LogP contribution in [0, 0.1) is 6.92 Å². The van der Waals surface area contributed by atoms with Crippen LogP contribution in [0.5, 0.6) is 0 Å². The van der Waals surface area contributed by atoms with Gasteiger partial charge in [-0.1, -0.05) is 29.3 Å². The fraction of sp³-hybridized carbons (Fsp3) is 0.167. The summed E-state index contributed by atoms with van der Waals surface area (Å²) >= 11 is 6.13. The van der Waals surface area contributed by atoms with Gasteiger partial charge in [0.2, 0.25) is 0 Å². The van der Waals surface area contributed by atoms with Crippen LogP contribution in [0.25, 0.3) is 10.9 Å². The second-order valence-corrected chi connectivity index (χ2v) is 8.12. The SMILES string of the molecule is Cc1ccc(S(=O)(=O)n2c3c(c4cc(Cl)ccc42)CCN=C3)cc1. The Bertz CT molecular complexity index is 1080. The first-order valence-electron chi connectivity index (χ1n) is 7.63. The number of hydrogen-bond donors (Lipinski definition) is 0. The van der Waals surface area contributed by atoms with Gasteiger partial charge in [-0.3, -0.25) is 4.99 Å². The van der Waals surface area contributed by atoms with Gasteiger partial charge in [-0.05, 0) is 49.2 Å². The molecule has 0 unspecified atom stereocenters. The van der Waals surface area contributed by atoms with E-state index >= 15 is 0 Å². The molecular weight excluding hydrogens is 344 g/mol. The normalized spacial score (nSPS) is 14.1. The molecule has 0 saturated carbocycles. The van der Waals surface area contributed by atoms with Gasteiger partial charge < -0.3 is 0 Å². The van der Waals surface area contributed by atoms with Gasteiger partial charge in [-0.25, -0.2) is 12.4 Å². The van der Waals surface area contributed by atoms with Gasteiger partial charge in [0.1, 0.15) is 0 Å². The third kappa shape index (κ3) is 2.27. The molecule has 1 aromatic heterocycles. The van der Waals surface area contributed by atoms with Crippen LogP contribution in [-0.4, -0.2) is 25.1 Å². The first-order valence-corrected chi connectivity index (χ1v) is 9.45. The van der Waals surface area contributed by atoms with Crippen molar-refractivity contribution in [2.45, 2.75) is 18.2 Å². The number of rotatable bonds is 2. The molecule has 1 aliphatic heterocycles. The summed E-state index contributed by atoms with van der Waals surface area (Å²) in [6, 6.07) is 12.2. The number of benzene rings is 2. The number of nitrogens with zero attached hydrogens (tertiary/aromatic N) is 2. The molecule has 2 aromatic carbocycles. The summed E-state index contributed by atoms with van der Waals surface area (Å²) in [6.07, 6.45) is 2.36. The second kappa shape index (κ2) is 5.46. The van der Waals surface area contributed by atoms with Crippen LogP contribution >= 0.6 is 11.6 Å². The summed E-state index contributed by atoms with van der Waals surface area (Å²) in [4.78, 5) is 4.54. The highest BCUT2D eigenvalue weighted by atomic mass is 35.5. The summed E-state index contributed by atoms with van der Waals surface area (Å²) in [5.41, 5.74) is 3.26. The van der Waals surface area contributed by atoms with Crippen molar-refractivity contribution in [3.63, 3.8) is 0 Å². The van der Waals surface area contributed by atoms with E-state index in [0.717, 1.165) is 16.5 Å². The molecule has 2 heterocycles. The van der Waals surface area contributed by atoms with E-state index in [1.165, 1.54) is 3.97 Å². The minimum absolute atomic E-state index is 0.265. The molecule has 0 saturated heterocycles. The minimum Gasteiger partial charge on any atom is -0.291 e. The maximum atomic E-state index is 13.2. The zero-order valence-electron chi connectivity index (χ0n) is 13.0. The third-order valence-electron chi connectivity index (χ3n) is 4.29. The van der Waals surface area contributed by atoms with Crippen LogP contribution in [-0.2, 0) is 16.4 Å². The lowest BCUT2D eigenvalue weighted by Crippen LogP contribution is -2.17. The summed E-state index contributed by atoms with van der Waals surface area (Å²) in [7, 11) is -3.71. The zero-order valence-corrected chi connectivity index (χ0v) is 14.6. The monoisotopic (exact) mass is 358 g/mol. The Morgan fingerprint density at radius 1 is 1.12 bits per heavy atom. The van der Waals surface area contributed by atoms with E-state index in [-0.39, 0.29) is 4.90 Å². The molecule has 0 bridgehead atoms. The Morgan fingerprint density at radius 3 is 2.62 bits per heavy atom. The van der Waals surface area contributed by atoms with E-state index < -0.39 is 10.0 Å². The van der Waals surface area contributed by atoms with Crippen molar-refractivity contribution >= 4 is 38.7 Å². The molecule has 24 heavy (non-hydrogen) atoms. The highest BCUT2D eigenvalue weighted by Gasteiger charge is 2.27. The minimum atomic E-state index is -3.71. The molecule has 0 amide bonds. The average Bonchev–Trinajstić information content (AvgIpc) is 2.90. The number of halogens is 1. The maximum Gasteiger partial charge on any atom is 0.268 e. The van der Waals surface area contributed by atoms with Crippen molar-refractivity contribution in [3.8, 4) is 0 Å². The highest BCUT2D eigenvalue weighted by Crippen LogP contribution is 2.33. The van der Waals surface area contributed by atoms with Crippen molar-refractivity contribution in [3.05, 3.63) is 64.3 Å². The largest absolute Gasteiger partial charge is 0.291 e. The highest BCUT2D eigenvalue weighted by molar-refractivity contribution is 7.90. The fourth-order valence-corrected chi connectivity index (χ4v) is 4.81. The molecule has 6 heteroatoms. The smallest absolute Gasteiger partial charge is 0.268 e. The van der Waals surface area contributed by atoms with Gasteiger partial charge in [0.25, 0.3) is 10.0 Å². The lowest BCUT2D eigenvalue weighted by atomic mass is 10.1. The summed E-state index contributed by atoms with van der Waals surface area (Å²) < 4.78 is 27.9. The van der Waals surface area contributed by atoms with E-state index in [4.69, 9.17) is 11.6 Å². The Labute approximate surface area is 145 Å². The van der Waals surface area contributed by atoms with Gasteiger partial charge >= 0.3 is 0 Å². The molecule has 122 valence electrons. The summed E-state index contributed by atoms with van der Waals surface area (Å²) in [6.45, 7) is 2.58. The molecule has 0 fully saturated rings. The lowest BCUT2D eigenvalue weighted by molar-refractivity contribution is 0.588. The zero-order chi connectivity index (χ0) is 16.9. The third-order valence-corrected chi connectivity index (χ3v) is 6.27. The lowest BCUT2D eigenvalue weighted by Gasteiger charge is -2.12. The number of fused-ring (bicyclic) bond motifs is 3. The van der Waals surface area contributed by atoms with Crippen molar-refractivity contribution in [2.24, 2.45) is 4.99 Å². The van der Waals surface area contributed by atoms with Crippen molar-refractivity contribution in [1.82, 2.24) is 3.97 Å². The van der Waals surface area contributed by atoms with Crippen molar-refractivity contribution in [2.75, 3.05) is 6.54 Å². The summed E-state index contributed by atoms with van der Waals surface area (Å²) in [5.74, 6) is 0. The van der Waals surface area contributed by atoms with Crippen LogP contribution in [0.2, 0.25) is 5.02 Å². The number of aromatic nitrogens is 1. The summed E-state index contributed by atoms with van der Waals surface area (Å²) in [5, 5.41) is 1.47. The first kappa shape index (κ1) is 15.4. The number of hydrogen-bond acceptors (Lipinski definition) is 3. The van der Waals surface area contributed by atoms with Crippen LogP contribution in [0.15, 0.2) is 52.4 Å². The number of aliphatic imine (C=N–C) groups is 1. The fourth-order valence-electron chi connectivity index (χ4n) is 3.11. The molecule has 4 rings (SSSR count). The quantitative estimate of drug-likeness (QED) is 0.699. The van der Waals surface area contributed by atoms with Crippen molar-refractivity contribution in [1.29, 1.82) is 0 Å². The Balaban J connectivity index is 2.07. The van der Waals surface area contributed by atoms with Crippen LogP contribution in [0.4, 0.5) is 0 Å². The number of aryl methyl sites for hydroxylation is 1. The Morgan fingerprint density at radius 2 is 1.88 bits per heavy atom. The van der Waals surface area contributed by atoms with E-state index in [1.807, 2.05) is 13.0 Å². The van der Waals surface area contributed by atoms with Crippen LogP contribution in [0.3, 0.4) is 0 Å². The Hall–Kier alpha value is -2.11. The molecular formula is C18H15ClN2O2S. The molecule has 4 nitrogen and oxygen atoms in total. The van der Waals surface area contributed by atoms with Crippen LogP contribution in [0.1, 0.15) is 16.8 Å². The maximum absolute atomic E-state index is 13.2. The van der Waals surface area contributed by atoms with E-state index in [1.54, 1.807) is 42.6 Å². The Kier molecular flexibility index (Phi) is 3.51. The van der Waals surface area contributed by atoms with Gasteiger partial charge in [0.15, 0.2) is 0 Å². The standard InChI is InChI=1S/C18H15ClN2O2S/c1-12-2-5-14(6-3-12)24(22,23)21-17-7-4-13(19)10-16(17)15-8-9-20-11-18(15)21/h2-7,10-11H,8-9H2,1H3. The molecule has 0 aliphatic carbocycles. The van der Waals surface area contributed by atoms with Gasteiger partial charge in [-0.15, -0.1) is 0 Å². The van der Waals surface area contributed by atoms with Gasteiger partial charge in [0, 0.05) is 23.2 Å². The molecule has 0 spiro atoms. The predicted octanol–water partition coefficient (Wildman–Crippen LogP) is 3.82. The second-order valence-electron chi connectivity index (χ2n) is 5.89. The molecule has 0 N–H and O–H groups in total. The topological polar surface area (TPSA) is 51.4 Å². The average molecular weight is 359 g/mol. The first-order chi connectivity index (χ1) is 11.5. The van der Waals surface area contributed by atoms with Crippen LogP contribution < -0.4 is 0 Å². The van der Waals surface area contributed by atoms with Gasteiger partial charge in [-0.2, -0.15) is 0 Å². The molecule has 3 aromatic rings. The molecule has 0 atom stereocenters. The van der Waals surface area contributed by atoms with Gasteiger partial charge in [0.05, 0.1) is 16.1 Å². The molecule has 1 aliphatic rings. The van der Waals surface area contributed by atoms with E-state index in [2.05, 4.69) is 4.99 Å². The van der Waals surface area contributed by atoms with E-state index in [0.29, 0.717) is 29.2 Å². The van der Waals surface area contributed by atoms with Crippen molar-refractivity contribution < 1.29 is 8.42 Å². The predicted molar refractivity (Wildman–Crippen MR) is 96.9 cm³/mol. The van der Waals surface area contributed by atoms with E-state index in [9.17, 15) is 8.42 Å².